The van der Waals surface area contributed by atoms with Gasteiger partial charge in [0.05, 0.1) is 23.9 Å². The first-order valence-corrected chi connectivity index (χ1v) is 12.6. The lowest BCUT2D eigenvalue weighted by Crippen LogP contribution is -2.35. The van der Waals surface area contributed by atoms with Crippen molar-refractivity contribution in [1.29, 1.82) is 0 Å². The molecule has 0 saturated carbocycles. The molecule has 6 nitrogen and oxygen atoms in total. The van der Waals surface area contributed by atoms with E-state index in [1.54, 1.807) is 19.1 Å². The van der Waals surface area contributed by atoms with E-state index in [1.807, 2.05) is 25.3 Å². The summed E-state index contributed by atoms with van der Waals surface area (Å²) in [6.45, 7) is 7.85. The Morgan fingerprint density at radius 3 is 2.72 bits per heavy atom. The number of aromatic amines is 1. The number of ether oxygens (including phenoxy) is 1. The van der Waals surface area contributed by atoms with Crippen LogP contribution in [0.15, 0.2) is 53.6 Å². The molecule has 0 spiro atoms. The zero-order valence-corrected chi connectivity index (χ0v) is 19.2. The summed E-state index contributed by atoms with van der Waals surface area (Å²) in [6, 6.07) is 13.8. The van der Waals surface area contributed by atoms with Gasteiger partial charge in [-0.15, -0.1) is 0 Å². The minimum Gasteiger partial charge on any atom is -0.379 e. The minimum absolute atomic E-state index is 0.0825. The first kappa shape index (κ1) is 21.1. The third-order valence-electron chi connectivity index (χ3n) is 6.14. The maximum Gasteiger partial charge on any atom is 0.178 e. The monoisotopic (exact) mass is 449 g/mol. The Balaban J connectivity index is 1.72. The van der Waals surface area contributed by atoms with Crippen molar-refractivity contribution < 1.29 is 13.2 Å². The fourth-order valence-electron chi connectivity index (χ4n) is 4.44. The quantitative estimate of drug-likeness (QED) is 0.491. The molecule has 5 rings (SSSR count). The Kier molecular flexibility index (Phi) is 5.49. The number of hydrogen-bond acceptors (Lipinski definition) is 5. The average Bonchev–Trinajstić information content (AvgIpc) is 3.17. The third-order valence-corrected chi connectivity index (χ3v) is 7.87. The molecule has 0 radical (unpaired) electrons. The molecule has 4 aromatic rings. The van der Waals surface area contributed by atoms with E-state index in [9.17, 15) is 8.42 Å². The van der Waals surface area contributed by atoms with Crippen LogP contribution in [0.2, 0.25) is 0 Å². The van der Waals surface area contributed by atoms with E-state index >= 15 is 0 Å². The number of nitrogens with zero attached hydrogens (tertiary/aromatic N) is 2. The van der Waals surface area contributed by atoms with Gasteiger partial charge in [-0.05, 0) is 59.5 Å². The van der Waals surface area contributed by atoms with E-state index in [0.717, 1.165) is 71.5 Å². The lowest BCUT2D eigenvalue weighted by molar-refractivity contribution is 0.0342. The lowest BCUT2D eigenvalue weighted by atomic mass is 9.97. The smallest absolute Gasteiger partial charge is 0.178 e. The van der Waals surface area contributed by atoms with Crippen molar-refractivity contribution in [2.45, 2.75) is 25.3 Å². The molecular formula is C25H27N3O3S. The van der Waals surface area contributed by atoms with Gasteiger partial charge in [0, 0.05) is 42.1 Å². The molecule has 0 amide bonds. The average molecular weight is 450 g/mol. The van der Waals surface area contributed by atoms with Crippen molar-refractivity contribution in [3.63, 3.8) is 0 Å². The second-order valence-corrected chi connectivity index (χ2v) is 10.7. The highest BCUT2D eigenvalue weighted by atomic mass is 32.2. The highest BCUT2D eigenvalue weighted by Crippen LogP contribution is 2.36. The summed E-state index contributed by atoms with van der Waals surface area (Å²) in [5.41, 5.74) is 6.05. The standard InChI is InChI=1S/C25H27N3O3S/c1-3-32(29,30)20-6-4-5-19(14-20)21-12-18(16-28-7-9-31-10-8-28)13-23-24(21)22-11-17(2)15-26-25(22)27-23/h4-6,11-15H,3,7-10,16H2,1-2H3,(H,26,27). The van der Waals surface area contributed by atoms with Crippen LogP contribution in [0.3, 0.4) is 0 Å². The summed E-state index contributed by atoms with van der Waals surface area (Å²) in [6.07, 6.45) is 1.86. The predicted molar refractivity (Wildman–Crippen MR) is 128 cm³/mol. The number of morpholine rings is 1. The molecule has 0 aliphatic carbocycles. The molecule has 1 N–H and O–H groups in total. The number of H-pyrrole nitrogens is 1. The summed E-state index contributed by atoms with van der Waals surface area (Å²) in [5.74, 6) is 0.0825. The third kappa shape index (κ3) is 3.92. The Labute approximate surface area is 188 Å². The lowest BCUT2D eigenvalue weighted by Gasteiger charge is -2.26. The number of hydrogen-bond donors (Lipinski definition) is 1. The van der Waals surface area contributed by atoms with Gasteiger partial charge in [-0.2, -0.15) is 0 Å². The Bertz CT molecular complexity index is 1400. The summed E-state index contributed by atoms with van der Waals surface area (Å²) >= 11 is 0. The van der Waals surface area contributed by atoms with Crippen LogP contribution in [0, 0.1) is 6.92 Å². The van der Waals surface area contributed by atoms with Gasteiger partial charge in [0.2, 0.25) is 0 Å². The Morgan fingerprint density at radius 1 is 1.12 bits per heavy atom. The second kappa shape index (κ2) is 8.31. The molecule has 1 saturated heterocycles. The molecule has 0 bridgehead atoms. The van der Waals surface area contributed by atoms with Crippen molar-refractivity contribution >= 4 is 31.8 Å². The molecule has 1 fully saturated rings. The summed E-state index contributed by atoms with van der Waals surface area (Å²) in [7, 11) is -3.29. The van der Waals surface area contributed by atoms with E-state index in [2.05, 4.69) is 33.1 Å². The van der Waals surface area contributed by atoms with Gasteiger partial charge < -0.3 is 9.72 Å². The number of benzene rings is 2. The Morgan fingerprint density at radius 2 is 1.94 bits per heavy atom. The molecule has 0 atom stereocenters. The summed E-state index contributed by atoms with van der Waals surface area (Å²) in [4.78, 5) is 10.8. The SMILES string of the molecule is CCS(=O)(=O)c1cccc(-c2cc(CN3CCOCC3)cc3[nH]c4ncc(C)cc4c23)c1. The van der Waals surface area contributed by atoms with Crippen molar-refractivity contribution in [2.24, 2.45) is 0 Å². The van der Waals surface area contributed by atoms with Gasteiger partial charge in [0.25, 0.3) is 0 Å². The van der Waals surface area contributed by atoms with Crippen LogP contribution in [0.4, 0.5) is 0 Å². The summed E-state index contributed by atoms with van der Waals surface area (Å²) in [5, 5.41) is 2.13. The van der Waals surface area contributed by atoms with Gasteiger partial charge in [0.15, 0.2) is 9.84 Å². The van der Waals surface area contributed by atoms with E-state index < -0.39 is 9.84 Å². The van der Waals surface area contributed by atoms with E-state index in [-0.39, 0.29) is 5.75 Å². The molecule has 1 aliphatic rings. The van der Waals surface area contributed by atoms with Gasteiger partial charge in [-0.25, -0.2) is 13.4 Å². The van der Waals surface area contributed by atoms with Crippen LogP contribution in [0.5, 0.6) is 0 Å². The van der Waals surface area contributed by atoms with E-state index in [0.29, 0.717) is 4.90 Å². The van der Waals surface area contributed by atoms with Crippen LogP contribution in [0.25, 0.3) is 33.1 Å². The molecular weight excluding hydrogens is 422 g/mol. The van der Waals surface area contributed by atoms with Crippen molar-refractivity contribution in [1.82, 2.24) is 14.9 Å². The molecule has 32 heavy (non-hydrogen) atoms. The maximum absolute atomic E-state index is 12.6. The zero-order chi connectivity index (χ0) is 22.3. The number of pyridine rings is 1. The normalized spacial score (nSPS) is 15.6. The number of rotatable bonds is 5. The molecule has 0 unspecified atom stereocenters. The molecule has 3 heterocycles. The van der Waals surface area contributed by atoms with Crippen LogP contribution in [-0.4, -0.2) is 55.3 Å². The highest BCUT2D eigenvalue weighted by molar-refractivity contribution is 7.91. The van der Waals surface area contributed by atoms with Gasteiger partial charge in [0.1, 0.15) is 5.65 Å². The number of sulfone groups is 1. The van der Waals surface area contributed by atoms with Crippen LogP contribution in [-0.2, 0) is 21.1 Å². The van der Waals surface area contributed by atoms with Gasteiger partial charge >= 0.3 is 0 Å². The topological polar surface area (TPSA) is 75.3 Å². The number of aryl methyl sites for hydroxylation is 1. The van der Waals surface area contributed by atoms with Crippen molar-refractivity contribution in [3.8, 4) is 11.1 Å². The molecule has 1 aliphatic heterocycles. The zero-order valence-electron chi connectivity index (χ0n) is 18.4. The molecule has 2 aromatic carbocycles. The van der Waals surface area contributed by atoms with Gasteiger partial charge in [-0.1, -0.05) is 19.1 Å². The van der Waals surface area contributed by atoms with E-state index in [1.165, 1.54) is 5.56 Å². The number of aromatic nitrogens is 2. The fraction of sp³-hybridized carbons (Fsp3) is 0.320. The highest BCUT2D eigenvalue weighted by Gasteiger charge is 2.18. The van der Waals surface area contributed by atoms with Crippen LogP contribution < -0.4 is 0 Å². The molecule has 7 heteroatoms. The van der Waals surface area contributed by atoms with Crippen LogP contribution >= 0.6 is 0 Å². The molecule has 166 valence electrons. The molecule has 2 aromatic heterocycles. The number of nitrogens with one attached hydrogen (secondary N) is 1. The first-order valence-electron chi connectivity index (χ1n) is 11.0. The van der Waals surface area contributed by atoms with Crippen molar-refractivity contribution in [2.75, 3.05) is 32.1 Å². The largest absolute Gasteiger partial charge is 0.379 e. The Hall–Kier alpha value is -2.74. The van der Waals surface area contributed by atoms with Gasteiger partial charge in [-0.3, -0.25) is 4.90 Å². The first-order chi connectivity index (χ1) is 15.4. The number of fused-ring (bicyclic) bond motifs is 3. The summed E-state index contributed by atoms with van der Waals surface area (Å²) < 4.78 is 30.6. The van der Waals surface area contributed by atoms with Crippen LogP contribution in [0.1, 0.15) is 18.1 Å². The second-order valence-electron chi connectivity index (χ2n) is 8.42. The van der Waals surface area contributed by atoms with Crippen molar-refractivity contribution in [3.05, 3.63) is 59.8 Å². The predicted octanol–water partition coefficient (Wildman–Crippen LogP) is 4.32. The minimum atomic E-state index is -3.29. The fourth-order valence-corrected chi connectivity index (χ4v) is 5.36. The van der Waals surface area contributed by atoms with E-state index in [4.69, 9.17) is 4.74 Å². The maximum atomic E-state index is 12.6.